The van der Waals surface area contributed by atoms with Crippen LogP contribution in [0.5, 0.6) is 17.2 Å². The predicted octanol–water partition coefficient (Wildman–Crippen LogP) is 3.54. The maximum Gasteiger partial charge on any atom is 0.268 e. The molecule has 31 heavy (non-hydrogen) atoms. The first-order valence-corrected chi connectivity index (χ1v) is 9.73. The topological polar surface area (TPSA) is 134 Å². The molecule has 0 bridgehead atoms. The number of nitrogen functional groups attached to an aromatic ring is 1. The number of aromatic nitrogens is 1. The van der Waals surface area contributed by atoms with Gasteiger partial charge in [-0.15, -0.1) is 0 Å². The number of hydrogen-bond acceptors (Lipinski definition) is 8. The standard InChI is InChI=1S/C22H18N4O4S/c1-28-12-7-8-15(29-2)18(9-12)31-17-6-4-5-16(30-3)20(17)19-13(10-23)21(25)26-22(27)14(19)11-24/h4-9H,1-3H3,(H3,25,26,27). The molecule has 0 spiro atoms. The molecule has 1 aromatic heterocycles. The van der Waals surface area contributed by atoms with Crippen molar-refractivity contribution in [2.45, 2.75) is 9.79 Å². The third-order valence-electron chi connectivity index (χ3n) is 4.52. The lowest BCUT2D eigenvalue weighted by atomic mass is 9.96. The second-order valence-corrected chi connectivity index (χ2v) is 7.25. The molecule has 0 aliphatic heterocycles. The van der Waals surface area contributed by atoms with Gasteiger partial charge in [-0.1, -0.05) is 17.8 Å². The number of ether oxygens (including phenoxy) is 3. The van der Waals surface area contributed by atoms with Crippen LogP contribution in [-0.4, -0.2) is 26.3 Å². The monoisotopic (exact) mass is 434 g/mol. The van der Waals surface area contributed by atoms with Gasteiger partial charge < -0.3 is 24.9 Å². The highest BCUT2D eigenvalue weighted by Gasteiger charge is 2.24. The Morgan fingerprint density at radius 3 is 2.23 bits per heavy atom. The summed E-state index contributed by atoms with van der Waals surface area (Å²) >= 11 is 1.31. The molecule has 9 heteroatoms. The highest BCUT2D eigenvalue weighted by Crippen LogP contribution is 2.46. The van der Waals surface area contributed by atoms with Crippen molar-refractivity contribution in [2.24, 2.45) is 0 Å². The molecule has 0 aliphatic rings. The molecule has 0 unspecified atom stereocenters. The van der Waals surface area contributed by atoms with E-state index in [2.05, 4.69) is 4.98 Å². The summed E-state index contributed by atoms with van der Waals surface area (Å²) in [6.07, 6.45) is 0. The van der Waals surface area contributed by atoms with Crippen LogP contribution in [0, 0.1) is 22.7 Å². The van der Waals surface area contributed by atoms with Crippen LogP contribution in [0.1, 0.15) is 11.1 Å². The first kappa shape index (κ1) is 21.6. The first-order valence-electron chi connectivity index (χ1n) is 8.92. The Morgan fingerprint density at radius 1 is 0.903 bits per heavy atom. The molecule has 0 fully saturated rings. The highest BCUT2D eigenvalue weighted by molar-refractivity contribution is 7.99. The van der Waals surface area contributed by atoms with Crippen LogP contribution in [0.3, 0.4) is 0 Å². The Bertz CT molecular complexity index is 1290. The largest absolute Gasteiger partial charge is 0.497 e. The van der Waals surface area contributed by atoms with E-state index in [0.29, 0.717) is 27.7 Å². The number of nitrogens with two attached hydrogens (primary N) is 1. The van der Waals surface area contributed by atoms with Crippen LogP contribution in [0.4, 0.5) is 5.82 Å². The van der Waals surface area contributed by atoms with Crippen LogP contribution < -0.4 is 25.5 Å². The van der Waals surface area contributed by atoms with Crippen molar-refractivity contribution < 1.29 is 14.2 Å². The molecule has 2 aromatic carbocycles. The summed E-state index contributed by atoms with van der Waals surface area (Å²) in [5.41, 5.74) is 5.50. The second-order valence-electron chi connectivity index (χ2n) is 6.17. The number of nitriles is 2. The normalized spacial score (nSPS) is 10.1. The van der Waals surface area contributed by atoms with Crippen LogP contribution in [0.25, 0.3) is 11.1 Å². The molecule has 0 radical (unpaired) electrons. The van der Waals surface area contributed by atoms with Gasteiger partial charge in [-0.05, 0) is 30.3 Å². The van der Waals surface area contributed by atoms with E-state index in [1.54, 1.807) is 50.6 Å². The van der Waals surface area contributed by atoms with Crippen molar-refractivity contribution in [1.82, 2.24) is 4.98 Å². The maximum atomic E-state index is 12.4. The van der Waals surface area contributed by atoms with Crippen LogP contribution >= 0.6 is 11.8 Å². The van der Waals surface area contributed by atoms with E-state index >= 15 is 0 Å². The van der Waals surface area contributed by atoms with Gasteiger partial charge in [-0.25, -0.2) is 0 Å². The molecule has 0 amide bonds. The van der Waals surface area contributed by atoms with Crippen molar-refractivity contribution >= 4 is 17.6 Å². The Kier molecular flexibility index (Phi) is 6.39. The fourth-order valence-electron chi connectivity index (χ4n) is 3.09. The fourth-order valence-corrected chi connectivity index (χ4v) is 4.20. The molecule has 3 aromatic rings. The molecular formula is C22H18N4O4S. The minimum atomic E-state index is -0.685. The molecular weight excluding hydrogens is 416 g/mol. The van der Waals surface area contributed by atoms with Gasteiger partial charge in [-0.2, -0.15) is 10.5 Å². The summed E-state index contributed by atoms with van der Waals surface area (Å²) in [7, 11) is 4.58. The first-order chi connectivity index (χ1) is 15.0. The van der Waals surface area contributed by atoms with Gasteiger partial charge in [0.2, 0.25) is 0 Å². The Morgan fingerprint density at radius 2 is 1.61 bits per heavy atom. The third-order valence-corrected chi connectivity index (χ3v) is 5.62. The number of methoxy groups -OCH3 is 3. The number of H-pyrrole nitrogens is 1. The van der Waals surface area contributed by atoms with Gasteiger partial charge in [0, 0.05) is 16.0 Å². The lowest BCUT2D eigenvalue weighted by Gasteiger charge is -2.17. The quantitative estimate of drug-likeness (QED) is 0.601. The fraction of sp³-hybridized carbons (Fsp3) is 0.136. The van der Waals surface area contributed by atoms with E-state index in [-0.39, 0.29) is 22.5 Å². The van der Waals surface area contributed by atoms with E-state index in [1.165, 1.54) is 18.9 Å². The Balaban J connectivity index is 2.35. The van der Waals surface area contributed by atoms with E-state index in [4.69, 9.17) is 19.9 Å². The Hall–Kier alpha value is -4.08. The number of hydrogen-bond donors (Lipinski definition) is 2. The summed E-state index contributed by atoms with van der Waals surface area (Å²) in [6.45, 7) is 0. The molecule has 3 rings (SSSR count). The van der Waals surface area contributed by atoms with Crippen molar-refractivity contribution in [3.8, 4) is 40.5 Å². The van der Waals surface area contributed by atoms with Crippen molar-refractivity contribution in [1.29, 1.82) is 10.5 Å². The van der Waals surface area contributed by atoms with Crippen molar-refractivity contribution in [2.75, 3.05) is 27.1 Å². The van der Waals surface area contributed by atoms with E-state index in [9.17, 15) is 15.3 Å². The summed E-state index contributed by atoms with van der Waals surface area (Å²) < 4.78 is 16.3. The molecule has 0 atom stereocenters. The molecule has 0 saturated carbocycles. The molecule has 8 nitrogen and oxygen atoms in total. The minimum Gasteiger partial charge on any atom is -0.497 e. The number of nitrogens with one attached hydrogen (secondary N) is 1. The zero-order valence-electron chi connectivity index (χ0n) is 17.0. The lowest BCUT2D eigenvalue weighted by Crippen LogP contribution is -2.16. The predicted molar refractivity (Wildman–Crippen MR) is 117 cm³/mol. The van der Waals surface area contributed by atoms with Crippen LogP contribution in [-0.2, 0) is 0 Å². The maximum absolute atomic E-state index is 12.4. The Labute approximate surface area is 182 Å². The minimum absolute atomic E-state index is 0.0138. The summed E-state index contributed by atoms with van der Waals surface area (Å²) in [4.78, 5) is 16.1. The number of pyridine rings is 1. The molecule has 1 heterocycles. The number of aromatic amines is 1. The average molecular weight is 434 g/mol. The van der Waals surface area contributed by atoms with E-state index < -0.39 is 5.56 Å². The summed E-state index contributed by atoms with van der Waals surface area (Å²) in [5.74, 6) is 1.49. The van der Waals surface area contributed by atoms with Crippen molar-refractivity contribution in [3.63, 3.8) is 0 Å². The smallest absolute Gasteiger partial charge is 0.268 e. The highest BCUT2D eigenvalue weighted by atomic mass is 32.2. The van der Waals surface area contributed by atoms with Crippen LogP contribution in [0.15, 0.2) is 51.0 Å². The molecule has 3 N–H and O–H groups in total. The third kappa shape index (κ3) is 4.00. The van der Waals surface area contributed by atoms with Gasteiger partial charge in [0.1, 0.15) is 46.3 Å². The molecule has 0 saturated heterocycles. The van der Waals surface area contributed by atoms with Gasteiger partial charge in [0.05, 0.1) is 26.2 Å². The lowest BCUT2D eigenvalue weighted by molar-refractivity contribution is 0.394. The molecule has 0 aliphatic carbocycles. The number of benzene rings is 2. The zero-order chi connectivity index (χ0) is 22.5. The second kappa shape index (κ2) is 9.16. The van der Waals surface area contributed by atoms with Gasteiger partial charge in [-0.3, -0.25) is 4.79 Å². The van der Waals surface area contributed by atoms with Gasteiger partial charge >= 0.3 is 0 Å². The van der Waals surface area contributed by atoms with Gasteiger partial charge in [0.15, 0.2) is 0 Å². The van der Waals surface area contributed by atoms with E-state index in [0.717, 1.165) is 4.90 Å². The molecule has 156 valence electrons. The number of anilines is 1. The van der Waals surface area contributed by atoms with Crippen molar-refractivity contribution in [3.05, 3.63) is 57.9 Å². The number of rotatable bonds is 6. The number of nitrogens with zero attached hydrogens (tertiary/aromatic N) is 2. The average Bonchev–Trinajstić information content (AvgIpc) is 2.78. The SMILES string of the molecule is COc1ccc(OC)c(Sc2cccc(OC)c2-c2c(C#N)c(N)[nH]c(=O)c2C#N)c1. The summed E-state index contributed by atoms with van der Waals surface area (Å²) in [5, 5.41) is 19.4. The zero-order valence-corrected chi connectivity index (χ0v) is 17.8. The van der Waals surface area contributed by atoms with Gasteiger partial charge in [0.25, 0.3) is 5.56 Å². The van der Waals surface area contributed by atoms with E-state index in [1.807, 2.05) is 12.1 Å². The van der Waals surface area contributed by atoms with Crippen LogP contribution in [0.2, 0.25) is 0 Å². The summed E-state index contributed by atoms with van der Waals surface area (Å²) in [6, 6.07) is 14.5.